The van der Waals surface area contributed by atoms with Crippen molar-refractivity contribution in [1.82, 2.24) is 0 Å². The molecule has 0 aliphatic carbocycles. The van der Waals surface area contributed by atoms with Gasteiger partial charge < -0.3 is 11.1 Å². The van der Waals surface area contributed by atoms with E-state index in [2.05, 4.69) is 5.32 Å². The summed E-state index contributed by atoms with van der Waals surface area (Å²) in [6.07, 6.45) is 0. The topological polar surface area (TPSA) is 72.2 Å². The van der Waals surface area contributed by atoms with Gasteiger partial charge in [-0.1, -0.05) is 6.07 Å². The average molecular weight is 290 g/mol. The van der Waals surface area contributed by atoms with Crippen molar-refractivity contribution in [3.8, 4) is 0 Å². The summed E-state index contributed by atoms with van der Waals surface area (Å²) in [6, 6.07) is 7.77. The number of hydrogen-bond donors (Lipinski definition) is 2. The van der Waals surface area contributed by atoms with Crippen LogP contribution in [0.5, 0.6) is 0 Å². The standard InChI is InChI=1S/C15H12F2N2O2/c1-8-7-9(14(18)20)5-6-12(8)19-15(21)10-3-2-4-11(16)13(10)17/h2-7H,1H3,(H2,18,20)(H,19,21). The number of anilines is 1. The number of carbonyl (C=O) groups is 2. The highest BCUT2D eigenvalue weighted by molar-refractivity contribution is 6.05. The van der Waals surface area contributed by atoms with Gasteiger partial charge in [-0.05, 0) is 42.8 Å². The number of primary amides is 1. The van der Waals surface area contributed by atoms with Gasteiger partial charge in [0.1, 0.15) is 0 Å². The van der Waals surface area contributed by atoms with Gasteiger partial charge in [-0.2, -0.15) is 0 Å². The summed E-state index contributed by atoms with van der Waals surface area (Å²) in [5, 5.41) is 2.46. The summed E-state index contributed by atoms with van der Waals surface area (Å²) < 4.78 is 26.6. The van der Waals surface area contributed by atoms with E-state index in [1.165, 1.54) is 30.3 Å². The third-order valence-electron chi connectivity index (χ3n) is 2.96. The monoisotopic (exact) mass is 290 g/mol. The van der Waals surface area contributed by atoms with E-state index < -0.39 is 29.0 Å². The van der Waals surface area contributed by atoms with Gasteiger partial charge in [0.15, 0.2) is 11.6 Å². The minimum atomic E-state index is -1.21. The first-order valence-electron chi connectivity index (χ1n) is 6.06. The first-order valence-corrected chi connectivity index (χ1v) is 6.06. The van der Waals surface area contributed by atoms with Crippen LogP contribution >= 0.6 is 0 Å². The van der Waals surface area contributed by atoms with Crippen LogP contribution in [-0.4, -0.2) is 11.8 Å². The fourth-order valence-corrected chi connectivity index (χ4v) is 1.83. The first-order chi connectivity index (χ1) is 9.90. The Bertz CT molecular complexity index is 730. The Morgan fingerprint density at radius 3 is 2.48 bits per heavy atom. The van der Waals surface area contributed by atoms with Crippen molar-refractivity contribution in [2.75, 3.05) is 5.32 Å². The molecule has 2 aromatic carbocycles. The maximum Gasteiger partial charge on any atom is 0.258 e. The van der Waals surface area contributed by atoms with E-state index in [1.807, 2.05) is 0 Å². The summed E-state index contributed by atoms with van der Waals surface area (Å²) in [5.74, 6) is -3.67. The Balaban J connectivity index is 2.28. The summed E-state index contributed by atoms with van der Waals surface area (Å²) in [4.78, 5) is 23.0. The van der Waals surface area contributed by atoms with Crippen molar-refractivity contribution in [3.63, 3.8) is 0 Å². The fourth-order valence-electron chi connectivity index (χ4n) is 1.83. The number of halogens is 2. The largest absolute Gasteiger partial charge is 0.366 e. The van der Waals surface area contributed by atoms with Crippen LogP contribution in [0.25, 0.3) is 0 Å². The second-order valence-corrected chi connectivity index (χ2v) is 4.45. The molecule has 0 fully saturated rings. The van der Waals surface area contributed by atoms with Crippen LogP contribution in [-0.2, 0) is 0 Å². The van der Waals surface area contributed by atoms with Crippen molar-refractivity contribution in [3.05, 3.63) is 64.7 Å². The average Bonchev–Trinajstić information content (AvgIpc) is 2.43. The molecular formula is C15H12F2N2O2. The molecule has 0 atom stereocenters. The van der Waals surface area contributed by atoms with Gasteiger partial charge in [0.2, 0.25) is 5.91 Å². The lowest BCUT2D eigenvalue weighted by atomic mass is 10.1. The Morgan fingerprint density at radius 2 is 1.86 bits per heavy atom. The maximum atomic E-state index is 13.5. The van der Waals surface area contributed by atoms with E-state index in [-0.39, 0.29) is 0 Å². The lowest BCUT2D eigenvalue weighted by Crippen LogP contribution is -2.16. The molecule has 108 valence electrons. The molecule has 4 nitrogen and oxygen atoms in total. The number of benzene rings is 2. The maximum absolute atomic E-state index is 13.5. The number of nitrogens with one attached hydrogen (secondary N) is 1. The van der Waals surface area contributed by atoms with E-state index in [0.29, 0.717) is 16.8 Å². The summed E-state index contributed by atoms with van der Waals surface area (Å²) >= 11 is 0. The normalized spacial score (nSPS) is 10.2. The number of carbonyl (C=O) groups excluding carboxylic acids is 2. The van der Waals surface area contributed by atoms with Crippen LogP contribution in [0.15, 0.2) is 36.4 Å². The van der Waals surface area contributed by atoms with Crippen LogP contribution in [0.1, 0.15) is 26.3 Å². The minimum Gasteiger partial charge on any atom is -0.366 e. The molecule has 0 aliphatic heterocycles. The van der Waals surface area contributed by atoms with Crippen LogP contribution in [0.3, 0.4) is 0 Å². The molecule has 0 saturated carbocycles. The van der Waals surface area contributed by atoms with Crippen molar-refractivity contribution in [2.45, 2.75) is 6.92 Å². The molecule has 0 aromatic heterocycles. The predicted octanol–water partition coefficient (Wildman–Crippen LogP) is 2.62. The second-order valence-electron chi connectivity index (χ2n) is 4.45. The number of nitrogens with two attached hydrogens (primary N) is 1. The lowest BCUT2D eigenvalue weighted by molar-refractivity contribution is 0.0997. The van der Waals surface area contributed by atoms with Crippen molar-refractivity contribution in [2.24, 2.45) is 5.73 Å². The third kappa shape index (κ3) is 3.05. The third-order valence-corrected chi connectivity index (χ3v) is 2.96. The summed E-state index contributed by atoms with van der Waals surface area (Å²) in [5.41, 5.74) is 6.01. The van der Waals surface area contributed by atoms with Crippen LogP contribution in [0.4, 0.5) is 14.5 Å². The zero-order valence-corrected chi connectivity index (χ0v) is 11.1. The molecule has 0 heterocycles. The highest BCUT2D eigenvalue weighted by Crippen LogP contribution is 2.19. The lowest BCUT2D eigenvalue weighted by Gasteiger charge is -2.10. The van der Waals surface area contributed by atoms with Gasteiger partial charge in [-0.15, -0.1) is 0 Å². The van der Waals surface area contributed by atoms with E-state index in [4.69, 9.17) is 5.73 Å². The number of amides is 2. The molecule has 0 aliphatic rings. The Kier molecular flexibility index (Phi) is 3.98. The van der Waals surface area contributed by atoms with Crippen molar-refractivity contribution < 1.29 is 18.4 Å². The highest BCUT2D eigenvalue weighted by Gasteiger charge is 2.16. The van der Waals surface area contributed by atoms with Gasteiger partial charge in [-0.25, -0.2) is 8.78 Å². The second kappa shape index (κ2) is 5.70. The van der Waals surface area contributed by atoms with E-state index >= 15 is 0 Å². The van der Waals surface area contributed by atoms with E-state index in [1.54, 1.807) is 6.92 Å². The summed E-state index contributed by atoms with van der Waals surface area (Å²) in [6.45, 7) is 1.66. The highest BCUT2D eigenvalue weighted by atomic mass is 19.2. The van der Waals surface area contributed by atoms with Crippen molar-refractivity contribution >= 4 is 17.5 Å². The van der Waals surface area contributed by atoms with Crippen LogP contribution < -0.4 is 11.1 Å². The molecule has 0 radical (unpaired) electrons. The number of rotatable bonds is 3. The molecule has 2 rings (SSSR count). The zero-order chi connectivity index (χ0) is 15.6. The fraction of sp³-hybridized carbons (Fsp3) is 0.0667. The smallest absolute Gasteiger partial charge is 0.258 e. The molecule has 0 bridgehead atoms. The predicted molar refractivity (Wildman–Crippen MR) is 74.0 cm³/mol. The number of aryl methyl sites for hydroxylation is 1. The number of hydrogen-bond acceptors (Lipinski definition) is 2. The Hall–Kier alpha value is -2.76. The van der Waals surface area contributed by atoms with E-state index in [0.717, 1.165) is 6.07 Å². The Labute approximate surface area is 119 Å². The van der Waals surface area contributed by atoms with Gasteiger partial charge >= 0.3 is 0 Å². The SMILES string of the molecule is Cc1cc(C(N)=O)ccc1NC(=O)c1cccc(F)c1F. The van der Waals surface area contributed by atoms with Gasteiger partial charge in [0, 0.05) is 11.3 Å². The van der Waals surface area contributed by atoms with Crippen molar-refractivity contribution in [1.29, 1.82) is 0 Å². The molecule has 6 heteroatoms. The van der Waals surface area contributed by atoms with Gasteiger partial charge in [0.25, 0.3) is 5.91 Å². The first kappa shape index (κ1) is 14.6. The molecule has 21 heavy (non-hydrogen) atoms. The minimum absolute atomic E-state index is 0.294. The van der Waals surface area contributed by atoms with E-state index in [9.17, 15) is 18.4 Å². The zero-order valence-electron chi connectivity index (χ0n) is 11.1. The summed E-state index contributed by atoms with van der Waals surface area (Å²) in [7, 11) is 0. The molecule has 2 aromatic rings. The Morgan fingerprint density at radius 1 is 1.14 bits per heavy atom. The van der Waals surface area contributed by atoms with Gasteiger partial charge in [0.05, 0.1) is 5.56 Å². The molecule has 0 spiro atoms. The molecule has 0 saturated heterocycles. The molecule has 0 unspecified atom stereocenters. The molecule has 3 N–H and O–H groups in total. The molecular weight excluding hydrogens is 278 g/mol. The van der Waals surface area contributed by atoms with Crippen LogP contribution in [0.2, 0.25) is 0 Å². The quantitative estimate of drug-likeness (QED) is 0.912. The molecule has 2 amide bonds. The van der Waals surface area contributed by atoms with Crippen LogP contribution in [0, 0.1) is 18.6 Å². The van der Waals surface area contributed by atoms with Gasteiger partial charge in [-0.3, -0.25) is 9.59 Å².